The van der Waals surface area contributed by atoms with Crippen LogP contribution in [0.3, 0.4) is 0 Å². The molecular weight excluding hydrogens is 228 g/mol. The van der Waals surface area contributed by atoms with Crippen LogP contribution >= 0.6 is 0 Å². The Hall–Kier alpha value is -1.75. The first-order valence-corrected chi connectivity index (χ1v) is 6.16. The van der Waals surface area contributed by atoms with Crippen LogP contribution in [0.4, 0.5) is 0 Å². The van der Waals surface area contributed by atoms with Crippen molar-refractivity contribution in [2.24, 2.45) is 7.05 Å². The van der Waals surface area contributed by atoms with Gasteiger partial charge in [0.05, 0.1) is 13.2 Å². The molecule has 0 aliphatic heterocycles. The van der Waals surface area contributed by atoms with E-state index in [1.54, 1.807) is 7.05 Å². The third-order valence-corrected chi connectivity index (χ3v) is 3.07. The van der Waals surface area contributed by atoms with Crippen molar-refractivity contribution in [2.75, 3.05) is 0 Å². The largest absolute Gasteiger partial charge is 0.392 e. The molecule has 1 N–H and O–H groups in total. The summed E-state index contributed by atoms with van der Waals surface area (Å²) in [4.78, 5) is 1.41. The number of rotatable bonds is 5. The van der Waals surface area contributed by atoms with Crippen LogP contribution in [-0.2, 0) is 13.5 Å². The van der Waals surface area contributed by atoms with E-state index in [0.717, 1.165) is 12.0 Å². The number of hydrogen-bond acceptors (Lipinski definition) is 4. The summed E-state index contributed by atoms with van der Waals surface area (Å²) < 4.78 is 0. The molecule has 0 saturated heterocycles. The first-order valence-electron chi connectivity index (χ1n) is 6.16. The van der Waals surface area contributed by atoms with Crippen molar-refractivity contribution in [1.82, 2.24) is 20.2 Å². The van der Waals surface area contributed by atoms with Gasteiger partial charge in [-0.3, -0.25) is 0 Å². The normalized spacial score (nSPS) is 14.4. The van der Waals surface area contributed by atoms with E-state index >= 15 is 0 Å². The lowest BCUT2D eigenvalue weighted by molar-refractivity contribution is 0.138. The van der Waals surface area contributed by atoms with Crippen molar-refractivity contribution in [2.45, 2.75) is 31.8 Å². The number of aryl methyl sites for hydroxylation is 1. The van der Waals surface area contributed by atoms with E-state index in [2.05, 4.69) is 22.3 Å². The fourth-order valence-electron chi connectivity index (χ4n) is 2.16. The second-order valence-corrected chi connectivity index (χ2v) is 4.39. The van der Waals surface area contributed by atoms with Crippen molar-refractivity contribution in [3.63, 3.8) is 0 Å². The summed E-state index contributed by atoms with van der Waals surface area (Å²) in [6, 6.07) is 10.0. The maximum atomic E-state index is 10.3. The number of aliphatic hydroxyl groups is 1. The number of aromatic nitrogens is 4. The minimum atomic E-state index is -0.485. The first kappa shape index (κ1) is 12.7. The van der Waals surface area contributed by atoms with Gasteiger partial charge < -0.3 is 5.11 Å². The second-order valence-electron chi connectivity index (χ2n) is 4.39. The highest BCUT2D eigenvalue weighted by atomic mass is 16.3. The van der Waals surface area contributed by atoms with Gasteiger partial charge in [-0.1, -0.05) is 37.3 Å². The van der Waals surface area contributed by atoms with Crippen molar-refractivity contribution in [3.8, 4) is 0 Å². The Morgan fingerprint density at radius 1 is 1.28 bits per heavy atom. The average molecular weight is 246 g/mol. The van der Waals surface area contributed by atoms with Gasteiger partial charge in [-0.2, -0.15) is 4.80 Å². The summed E-state index contributed by atoms with van der Waals surface area (Å²) in [5.74, 6) is 0.689. The molecule has 0 saturated carbocycles. The Kier molecular flexibility index (Phi) is 4.04. The molecule has 0 amide bonds. The highest BCUT2D eigenvalue weighted by Crippen LogP contribution is 2.24. The van der Waals surface area contributed by atoms with E-state index in [-0.39, 0.29) is 5.92 Å². The third kappa shape index (κ3) is 2.92. The van der Waals surface area contributed by atoms with Crippen LogP contribution in [-0.4, -0.2) is 31.4 Å². The average Bonchev–Trinajstić information content (AvgIpc) is 2.77. The van der Waals surface area contributed by atoms with Crippen LogP contribution in [0, 0.1) is 0 Å². The lowest BCUT2D eigenvalue weighted by Crippen LogP contribution is -2.21. The van der Waals surface area contributed by atoms with E-state index in [1.807, 2.05) is 30.3 Å². The second kappa shape index (κ2) is 5.73. The lowest BCUT2D eigenvalue weighted by atomic mass is 9.89. The quantitative estimate of drug-likeness (QED) is 0.864. The van der Waals surface area contributed by atoms with Gasteiger partial charge in [0.1, 0.15) is 0 Å². The van der Waals surface area contributed by atoms with E-state index < -0.39 is 6.10 Å². The number of tetrazole rings is 1. The molecule has 2 unspecified atom stereocenters. The first-order chi connectivity index (χ1) is 8.70. The zero-order chi connectivity index (χ0) is 13.0. The third-order valence-electron chi connectivity index (χ3n) is 3.07. The molecule has 18 heavy (non-hydrogen) atoms. The molecular formula is C13H18N4O. The molecule has 2 atom stereocenters. The highest BCUT2D eigenvalue weighted by molar-refractivity contribution is 5.20. The van der Waals surface area contributed by atoms with Crippen LogP contribution < -0.4 is 0 Å². The fraction of sp³-hybridized carbons (Fsp3) is 0.462. The van der Waals surface area contributed by atoms with Crippen LogP contribution in [0.2, 0.25) is 0 Å². The molecule has 5 heteroatoms. The van der Waals surface area contributed by atoms with Gasteiger partial charge in [-0.05, 0) is 17.2 Å². The molecule has 1 heterocycles. The number of nitrogens with zero attached hydrogens (tertiary/aromatic N) is 4. The molecule has 1 aromatic heterocycles. The van der Waals surface area contributed by atoms with Crippen LogP contribution in [0.15, 0.2) is 30.3 Å². The van der Waals surface area contributed by atoms with Crippen LogP contribution in [0.1, 0.15) is 30.7 Å². The maximum absolute atomic E-state index is 10.3. The van der Waals surface area contributed by atoms with E-state index in [4.69, 9.17) is 0 Å². The molecule has 96 valence electrons. The van der Waals surface area contributed by atoms with Crippen molar-refractivity contribution in [3.05, 3.63) is 41.7 Å². The van der Waals surface area contributed by atoms with E-state index in [1.165, 1.54) is 4.80 Å². The summed E-state index contributed by atoms with van der Waals surface area (Å²) in [5, 5.41) is 22.1. The molecule has 1 aromatic carbocycles. The predicted molar refractivity (Wildman–Crippen MR) is 68.0 cm³/mol. The molecule has 0 radical (unpaired) electrons. The SMILES string of the molecule is CCC(c1ccccc1)C(O)Cc1nnn(C)n1. The Bertz CT molecular complexity index is 483. The van der Waals surface area contributed by atoms with E-state index in [0.29, 0.717) is 12.2 Å². The Morgan fingerprint density at radius 3 is 2.56 bits per heavy atom. The molecule has 2 aromatic rings. The summed E-state index contributed by atoms with van der Waals surface area (Å²) in [6.07, 6.45) is 0.828. The Morgan fingerprint density at radius 2 is 2.00 bits per heavy atom. The predicted octanol–water partition coefficient (Wildman–Crippen LogP) is 1.31. The lowest BCUT2D eigenvalue weighted by Gasteiger charge is -2.20. The van der Waals surface area contributed by atoms with Crippen LogP contribution in [0.25, 0.3) is 0 Å². The van der Waals surface area contributed by atoms with Crippen molar-refractivity contribution >= 4 is 0 Å². The summed E-state index contributed by atoms with van der Waals surface area (Å²) in [7, 11) is 1.72. The van der Waals surface area contributed by atoms with Gasteiger partial charge in [0.25, 0.3) is 0 Å². The van der Waals surface area contributed by atoms with Gasteiger partial charge in [0.2, 0.25) is 0 Å². The fourth-order valence-corrected chi connectivity index (χ4v) is 2.16. The number of hydrogen-bond donors (Lipinski definition) is 1. The summed E-state index contributed by atoms with van der Waals surface area (Å²) in [6.45, 7) is 2.07. The minimum Gasteiger partial charge on any atom is -0.392 e. The smallest absolute Gasteiger partial charge is 0.177 e. The van der Waals surface area contributed by atoms with Gasteiger partial charge in [0.15, 0.2) is 5.82 Å². The molecule has 2 rings (SSSR count). The van der Waals surface area contributed by atoms with Gasteiger partial charge in [-0.25, -0.2) is 0 Å². The van der Waals surface area contributed by atoms with Gasteiger partial charge >= 0.3 is 0 Å². The monoisotopic (exact) mass is 246 g/mol. The van der Waals surface area contributed by atoms with E-state index in [9.17, 15) is 5.11 Å². The molecule has 5 nitrogen and oxygen atoms in total. The molecule has 0 fully saturated rings. The molecule has 0 aliphatic rings. The van der Waals surface area contributed by atoms with Crippen molar-refractivity contribution in [1.29, 1.82) is 0 Å². The molecule has 0 spiro atoms. The topological polar surface area (TPSA) is 63.8 Å². The zero-order valence-corrected chi connectivity index (χ0v) is 10.7. The molecule has 0 aliphatic carbocycles. The van der Waals surface area contributed by atoms with Gasteiger partial charge in [0, 0.05) is 12.3 Å². The summed E-state index contributed by atoms with van der Waals surface area (Å²) >= 11 is 0. The van der Waals surface area contributed by atoms with Gasteiger partial charge in [-0.15, -0.1) is 10.2 Å². The van der Waals surface area contributed by atoms with Crippen molar-refractivity contribution < 1.29 is 5.11 Å². The Labute approximate surface area is 106 Å². The zero-order valence-electron chi connectivity index (χ0n) is 10.7. The standard InChI is InChI=1S/C13H18N4O/c1-3-11(10-7-5-4-6-8-10)12(18)9-13-14-16-17(2)15-13/h4-8,11-12,18H,3,9H2,1-2H3. The molecule has 0 bridgehead atoms. The maximum Gasteiger partial charge on any atom is 0.177 e. The van der Waals surface area contributed by atoms with Crippen LogP contribution in [0.5, 0.6) is 0 Å². The highest BCUT2D eigenvalue weighted by Gasteiger charge is 2.21. The minimum absolute atomic E-state index is 0.106. The summed E-state index contributed by atoms with van der Waals surface area (Å²) in [5.41, 5.74) is 1.15. The number of benzene rings is 1. The number of aliphatic hydroxyl groups excluding tert-OH is 1. The Balaban J connectivity index is 2.08.